The average Bonchev–Trinajstić information content (AvgIpc) is 2.85. The van der Waals surface area contributed by atoms with Crippen LogP contribution >= 0.6 is 34.7 Å². The summed E-state index contributed by atoms with van der Waals surface area (Å²) in [6, 6.07) is 6.28. The first-order valence-corrected chi connectivity index (χ1v) is 7.74. The number of nitrogens with two attached hydrogens (primary N) is 1. The van der Waals surface area contributed by atoms with Crippen LogP contribution in [0.5, 0.6) is 0 Å². The van der Waals surface area contributed by atoms with E-state index in [1.807, 2.05) is 12.1 Å². The summed E-state index contributed by atoms with van der Waals surface area (Å²) in [6.07, 6.45) is 1.83. The summed E-state index contributed by atoms with van der Waals surface area (Å²) in [4.78, 5) is 1.00. The van der Waals surface area contributed by atoms with Crippen LogP contribution in [0.15, 0.2) is 32.9 Å². The minimum Gasteiger partial charge on any atom is -0.327 e. The fourth-order valence-corrected chi connectivity index (χ4v) is 3.26. The van der Waals surface area contributed by atoms with E-state index >= 15 is 0 Å². The molecule has 0 aliphatic rings. The van der Waals surface area contributed by atoms with Crippen LogP contribution in [-0.2, 0) is 6.42 Å². The minimum absolute atomic E-state index is 0.197. The molecule has 0 aliphatic heterocycles. The maximum Gasteiger partial charge on any atom is 0.178 e. The van der Waals surface area contributed by atoms with Crippen molar-refractivity contribution in [2.45, 2.75) is 35.0 Å². The highest BCUT2D eigenvalue weighted by Gasteiger charge is 2.08. The third-order valence-corrected chi connectivity index (χ3v) is 4.83. The number of halogens is 1. The Labute approximate surface area is 120 Å². The molecule has 1 aromatic carbocycles. The third kappa shape index (κ3) is 3.68. The molecule has 0 bridgehead atoms. The van der Waals surface area contributed by atoms with Crippen molar-refractivity contribution < 1.29 is 0 Å². The van der Waals surface area contributed by atoms with Crippen LogP contribution in [0.4, 0.5) is 0 Å². The molecule has 1 heterocycles. The molecule has 0 aliphatic carbocycles. The Hall–Kier alpha value is -0.620. The van der Waals surface area contributed by atoms with Gasteiger partial charge in [-0.2, -0.15) is 0 Å². The molecule has 3 nitrogen and oxygen atoms in total. The van der Waals surface area contributed by atoms with Crippen molar-refractivity contribution in [3.8, 4) is 0 Å². The van der Waals surface area contributed by atoms with Gasteiger partial charge in [0.05, 0.1) is 5.02 Å². The van der Waals surface area contributed by atoms with Crippen LogP contribution in [0.2, 0.25) is 5.02 Å². The van der Waals surface area contributed by atoms with Gasteiger partial charge in [-0.1, -0.05) is 47.7 Å². The molecule has 0 saturated heterocycles. The average molecular weight is 300 g/mol. The Morgan fingerprint density at radius 2 is 2.33 bits per heavy atom. The summed E-state index contributed by atoms with van der Waals surface area (Å²) in [5.41, 5.74) is 8.83. The molecule has 2 N–H and O–H groups in total. The maximum absolute atomic E-state index is 6.27. The van der Waals surface area contributed by atoms with Crippen LogP contribution in [-0.4, -0.2) is 16.2 Å². The van der Waals surface area contributed by atoms with Gasteiger partial charge in [0.25, 0.3) is 0 Å². The van der Waals surface area contributed by atoms with Gasteiger partial charge in [-0.15, -0.1) is 10.2 Å². The largest absolute Gasteiger partial charge is 0.327 e. The molecule has 0 saturated carbocycles. The third-order valence-electron chi connectivity index (χ3n) is 2.56. The number of aromatic nitrogens is 2. The van der Waals surface area contributed by atoms with Crippen LogP contribution < -0.4 is 5.73 Å². The van der Waals surface area contributed by atoms with Gasteiger partial charge in [0.2, 0.25) is 0 Å². The molecule has 18 heavy (non-hydrogen) atoms. The van der Waals surface area contributed by atoms with E-state index in [0.717, 1.165) is 27.1 Å². The number of nitrogens with zero attached hydrogens (tertiary/aromatic N) is 2. The number of hydrogen-bond acceptors (Lipinski definition) is 5. The summed E-state index contributed by atoms with van der Waals surface area (Å²) in [5.74, 6) is 0. The smallest absolute Gasteiger partial charge is 0.178 e. The van der Waals surface area contributed by atoms with Crippen molar-refractivity contribution in [2.75, 3.05) is 0 Å². The van der Waals surface area contributed by atoms with Gasteiger partial charge in [0.1, 0.15) is 5.51 Å². The lowest BCUT2D eigenvalue weighted by atomic mass is 10.1. The van der Waals surface area contributed by atoms with E-state index in [1.54, 1.807) is 5.51 Å². The van der Waals surface area contributed by atoms with Crippen molar-refractivity contribution in [3.63, 3.8) is 0 Å². The van der Waals surface area contributed by atoms with Crippen LogP contribution in [0.1, 0.15) is 18.9 Å². The standard InChI is InChI=1S/C12H14ClN3S2/c1-2-9(14)5-8-3-4-11(10(13)6-8)18-12-16-15-7-17-12/h3-4,6-7,9H,2,5,14H2,1H3. The second-order valence-corrected chi connectivity index (χ2v) is 6.47. The molecule has 0 radical (unpaired) electrons. The SMILES string of the molecule is CCC(N)Cc1ccc(Sc2nncs2)c(Cl)c1. The van der Waals surface area contributed by atoms with Crippen molar-refractivity contribution in [3.05, 3.63) is 34.3 Å². The Kier molecular flexibility index (Phi) is 5.00. The monoisotopic (exact) mass is 299 g/mol. The van der Waals surface area contributed by atoms with Gasteiger partial charge in [-0.3, -0.25) is 0 Å². The van der Waals surface area contributed by atoms with Gasteiger partial charge < -0.3 is 5.73 Å². The Morgan fingerprint density at radius 1 is 1.50 bits per heavy atom. The summed E-state index contributed by atoms with van der Waals surface area (Å²) in [5, 5.41) is 8.54. The highest BCUT2D eigenvalue weighted by molar-refractivity contribution is 8.01. The van der Waals surface area contributed by atoms with Crippen molar-refractivity contribution in [2.24, 2.45) is 5.73 Å². The van der Waals surface area contributed by atoms with Gasteiger partial charge >= 0.3 is 0 Å². The second kappa shape index (κ2) is 6.52. The lowest BCUT2D eigenvalue weighted by molar-refractivity contribution is 0.646. The molecule has 2 aromatic rings. The van der Waals surface area contributed by atoms with Crippen molar-refractivity contribution in [1.82, 2.24) is 10.2 Å². The molecule has 1 unspecified atom stereocenters. The fourth-order valence-electron chi connectivity index (χ4n) is 1.50. The lowest BCUT2D eigenvalue weighted by Gasteiger charge is -2.10. The quantitative estimate of drug-likeness (QED) is 0.916. The predicted molar refractivity (Wildman–Crippen MR) is 77.5 cm³/mol. The van der Waals surface area contributed by atoms with E-state index in [2.05, 4.69) is 23.2 Å². The van der Waals surface area contributed by atoms with E-state index in [1.165, 1.54) is 28.7 Å². The molecular weight excluding hydrogens is 286 g/mol. The zero-order valence-corrected chi connectivity index (χ0v) is 12.4. The molecule has 1 atom stereocenters. The first-order valence-electron chi connectivity index (χ1n) is 5.67. The summed E-state index contributed by atoms with van der Waals surface area (Å²) >= 11 is 9.31. The summed E-state index contributed by atoms with van der Waals surface area (Å²) in [6.45, 7) is 2.09. The van der Waals surface area contributed by atoms with Crippen LogP contribution in [0.25, 0.3) is 0 Å². The maximum atomic E-state index is 6.27. The second-order valence-electron chi connectivity index (χ2n) is 3.94. The topological polar surface area (TPSA) is 51.8 Å². The molecular formula is C12H14ClN3S2. The van der Waals surface area contributed by atoms with Crippen molar-refractivity contribution in [1.29, 1.82) is 0 Å². The Balaban J connectivity index is 2.10. The fraction of sp³-hybridized carbons (Fsp3) is 0.333. The van der Waals surface area contributed by atoms with E-state index < -0.39 is 0 Å². The van der Waals surface area contributed by atoms with E-state index in [-0.39, 0.29) is 6.04 Å². The Bertz CT molecular complexity index is 502. The van der Waals surface area contributed by atoms with E-state index in [9.17, 15) is 0 Å². The first kappa shape index (κ1) is 13.8. The zero-order valence-electron chi connectivity index (χ0n) is 9.97. The number of benzene rings is 1. The lowest BCUT2D eigenvalue weighted by Crippen LogP contribution is -2.21. The van der Waals surface area contributed by atoms with Gasteiger partial charge in [0.15, 0.2) is 4.34 Å². The first-order chi connectivity index (χ1) is 8.69. The van der Waals surface area contributed by atoms with Gasteiger partial charge in [-0.05, 0) is 30.5 Å². The summed E-state index contributed by atoms with van der Waals surface area (Å²) < 4.78 is 0.898. The van der Waals surface area contributed by atoms with Gasteiger partial charge in [0, 0.05) is 10.9 Å². The summed E-state index contributed by atoms with van der Waals surface area (Å²) in [7, 11) is 0. The minimum atomic E-state index is 0.197. The number of hydrogen-bond donors (Lipinski definition) is 1. The molecule has 6 heteroatoms. The molecule has 2 rings (SSSR count). The molecule has 0 spiro atoms. The van der Waals surface area contributed by atoms with E-state index in [0.29, 0.717) is 0 Å². The van der Waals surface area contributed by atoms with Crippen LogP contribution in [0, 0.1) is 0 Å². The molecule has 1 aromatic heterocycles. The van der Waals surface area contributed by atoms with Crippen LogP contribution in [0.3, 0.4) is 0 Å². The molecule has 0 amide bonds. The highest BCUT2D eigenvalue weighted by Crippen LogP contribution is 2.34. The normalized spacial score (nSPS) is 12.6. The molecule has 0 fully saturated rings. The van der Waals surface area contributed by atoms with Crippen molar-refractivity contribution >= 4 is 34.7 Å². The van der Waals surface area contributed by atoms with Gasteiger partial charge in [-0.25, -0.2) is 0 Å². The number of rotatable bonds is 5. The predicted octanol–water partition coefficient (Wildman–Crippen LogP) is 3.62. The molecule has 96 valence electrons. The highest BCUT2D eigenvalue weighted by atomic mass is 35.5. The Morgan fingerprint density at radius 3 is 2.94 bits per heavy atom. The zero-order chi connectivity index (χ0) is 13.0. The van der Waals surface area contributed by atoms with E-state index in [4.69, 9.17) is 17.3 Å².